The number of aryl methyl sites for hydroxylation is 1. The van der Waals surface area contributed by atoms with Gasteiger partial charge < -0.3 is 10.6 Å². The van der Waals surface area contributed by atoms with Gasteiger partial charge in [-0.2, -0.15) is 18.8 Å². The summed E-state index contributed by atoms with van der Waals surface area (Å²) in [5, 5.41) is 16.1. The highest BCUT2D eigenvalue weighted by Crippen LogP contribution is 2.28. The van der Waals surface area contributed by atoms with Gasteiger partial charge >= 0.3 is 0 Å². The number of rotatable bonds is 6. The summed E-state index contributed by atoms with van der Waals surface area (Å²) in [6.45, 7) is 4.62. The largest absolute Gasteiger partial charge is 0.369 e. The second kappa shape index (κ2) is 10.7. The molecule has 0 aliphatic carbocycles. The Morgan fingerprint density at radius 1 is 1.12 bits per heavy atom. The predicted molar refractivity (Wildman–Crippen MR) is 137 cm³/mol. The molecule has 0 bridgehead atoms. The summed E-state index contributed by atoms with van der Waals surface area (Å²) in [5.74, 6) is 0.463. The van der Waals surface area contributed by atoms with Gasteiger partial charge in [-0.25, -0.2) is 9.97 Å². The van der Waals surface area contributed by atoms with Gasteiger partial charge in [-0.1, -0.05) is 25.1 Å². The van der Waals surface area contributed by atoms with Crippen LogP contribution in [0.2, 0.25) is 0 Å². The van der Waals surface area contributed by atoms with Crippen LogP contribution in [0.15, 0.2) is 55.1 Å². The lowest BCUT2D eigenvalue weighted by atomic mass is 9.94. The van der Waals surface area contributed by atoms with Crippen LogP contribution in [-0.2, 0) is 0 Å². The number of hydrogen-bond acceptors (Lipinski definition) is 7. The molecule has 1 amide bonds. The number of nitriles is 1. The van der Waals surface area contributed by atoms with Crippen molar-refractivity contribution < 1.29 is 4.79 Å². The van der Waals surface area contributed by atoms with E-state index in [1.807, 2.05) is 43.3 Å². The van der Waals surface area contributed by atoms with Crippen molar-refractivity contribution in [3.05, 3.63) is 77.5 Å². The first-order valence-corrected chi connectivity index (χ1v) is 10.5. The first-order chi connectivity index (χ1) is 16.0. The maximum Gasteiger partial charge on any atom is 0.253 e. The van der Waals surface area contributed by atoms with Crippen molar-refractivity contribution in [1.82, 2.24) is 25.3 Å². The predicted octanol–water partition coefficient (Wildman–Crippen LogP) is 3.95. The Morgan fingerprint density at radius 2 is 1.94 bits per heavy atom. The summed E-state index contributed by atoms with van der Waals surface area (Å²) in [5.41, 5.74) is 4.95. The number of nitrogens with zero attached hydrogens (tertiary/aromatic N) is 5. The van der Waals surface area contributed by atoms with Crippen LogP contribution in [0.4, 0.5) is 5.82 Å². The quantitative estimate of drug-likeness (QED) is 0.437. The number of carbonyl (C=O) groups is 1. The Hall–Kier alpha value is -4.03. The van der Waals surface area contributed by atoms with Crippen LogP contribution in [0.5, 0.6) is 0 Å². The van der Waals surface area contributed by atoms with Gasteiger partial charge in [0, 0.05) is 54.6 Å². The second-order valence-corrected chi connectivity index (χ2v) is 7.74. The van der Waals surface area contributed by atoms with Crippen LogP contribution in [0.1, 0.15) is 40.0 Å². The van der Waals surface area contributed by atoms with E-state index in [1.54, 1.807) is 13.2 Å². The first-order valence-electron chi connectivity index (χ1n) is 10.5. The summed E-state index contributed by atoms with van der Waals surface area (Å²) in [7, 11) is 1.55. The van der Waals surface area contributed by atoms with Gasteiger partial charge in [0.25, 0.3) is 5.91 Å². The van der Waals surface area contributed by atoms with E-state index in [0.717, 1.165) is 22.5 Å². The third kappa shape index (κ3) is 4.97. The van der Waals surface area contributed by atoms with Gasteiger partial charge in [0.05, 0.1) is 22.3 Å². The fourth-order valence-corrected chi connectivity index (χ4v) is 3.70. The van der Waals surface area contributed by atoms with Gasteiger partial charge in [-0.15, -0.1) is 0 Å². The van der Waals surface area contributed by atoms with E-state index in [2.05, 4.69) is 43.6 Å². The molecule has 1 aromatic carbocycles. The SMILES string of the molecule is CNC(=O)c1c(C#N)cnc2c([C@H](C)CNc3cc(-c4ccc(C)nc4)ncn3)cccc12.S. The monoisotopic (exact) mass is 471 g/mol. The fraction of sp³-hybridized carbons (Fsp3) is 0.200. The molecule has 0 unspecified atom stereocenters. The third-order valence-electron chi connectivity index (χ3n) is 5.50. The number of benzene rings is 1. The zero-order chi connectivity index (χ0) is 23.4. The molecule has 2 N–H and O–H groups in total. The average molecular weight is 472 g/mol. The minimum absolute atomic E-state index is 0. The molecule has 4 aromatic rings. The molecule has 0 saturated carbocycles. The van der Waals surface area contributed by atoms with Crippen molar-refractivity contribution in [2.45, 2.75) is 19.8 Å². The van der Waals surface area contributed by atoms with Gasteiger partial charge in [-0.05, 0) is 24.6 Å². The van der Waals surface area contributed by atoms with Crippen molar-refractivity contribution in [2.75, 3.05) is 18.9 Å². The van der Waals surface area contributed by atoms with Crippen LogP contribution in [0, 0.1) is 18.3 Å². The number of nitrogens with one attached hydrogen (secondary N) is 2. The molecule has 0 spiro atoms. The van der Waals surface area contributed by atoms with Crippen molar-refractivity contribution >= 4 is 36.1 Å². The summed E-state index contributed by atoms with van der Waals surface area (Å²) in [6, 6.07) is 13.6. The lowest BCUT2D eigenvalue weighted by Crippen LogP contribution is -2.20. The highest BCUT2D eigenvalue weighted by Gasteiger charge is 2.19. The molecule has 0 aliphatic heterocycles. The highest BCUT2D eigenvalue weighted by molar-refractivity contribution is 7.59. The van der Waals surface area contributed by atoms with E-state index < -0.39 is 0 Å². The van der Waals surface area contributed by atoms with Crippen LogP contribution in [-0.4, -0.2) is 39.4 Å². The van der Waals surface area contributed by atoms with Crippen LogP contribution >= 0.6 is 13.5 Å². The smallest absolute Gasteiger partial charge is 0.253 e. The normalized spacial score (nSPS) is 11.2. The van der Waals surface area contributed by atoms with E-state index in [1.165, 1.54) is 12.5 Å². The van der Waals surface area contributed by atoms with E-state index in [4.69, 9.17) is 0 Å². The molecule has 34 heavy (non-hydrogen) atoms. The Bertz CT molecular complexity index is 1370. The minimum atomic E-state index is -0.305. The number of hydrogen-bond donors (Lipinski definition) is 2. The lowest BCUT2D eigenvalue weighted by Gasteiger charge is -2.17. The maximum absolute atomic E-state index is 12.4. The molecule has 0 radical (unpaired) electrons. The van der Waals surface area contributed by atoms with E-state index >= 15 is 0 Å². The molecule has 0 aliphatic rings. The number of fused-ring (bicyclic) bond motifs is 1. The van der Waals surface area contributed by atoms with Crippen molar-refractivity contribution in [3.8, 4) is 17.3 Å². The average Bonchev–Trinajstić information content (AvgIpc) is 2.86. The van der Waals surface area contributed by atoms with Gasteiger partial charge in [0.1, 0.15) is 18.2 Å². The van der Waals surface area contributed by atoms with E-state index in [0.29, 0.717) is 28.8 Å². The number of anilines is 1. The third-order valence-corrected chi connectivity index (χ3v) is 5.50. The number of aromatic nitrogens is 4. The van der Waals surface area contributed by atoms with Crippen LogP contribution in [0.3, 0.4) is 0 Å². The fourth-order valence-electron chi connectivity index (χ4n) is 3.70. The number of para-hydroxylation sites is 1. The highest BCUT2D eigenvalue weighted by atomic mass is 32.1. The molecular weight excluding hydrogens is 446 g/mol. The minimum Gasteiger partial charge on any atom is -0.369 e. The second-order valence-electron chi connectivity index (χ2n) is 7.74. The molecule has 8 nitrogen and oxygen atoms in total. The molecule has 3 heterocycles. The zero-order valence-corrected chi connectivity index (χ0v) is 20.1. The Balaban J connectivity index is 0.00000324. The number of carbonyl (C=O) groups excluding carboxylic acids is 1. The molecule has 0 fully saturated rings. The van der Waals surface area contributed by atoms with Crippen molar-refractivity contribution in [1.29, 1.82) is 5.26 Å². The summed E-state index contributed by atoms with van der Waals surface area (Å²) < 4.78 is 0. The molecule has 9 heteroatoms. The van der Waals surface area contributed by atoms with Crippen LogP contribution in [0.25, 0.3) is 22.2 Å². The lowest BCUT2D eigenvalue weighted by molar-refractivity contribution is 0.0964. The summed E-state index contributed by atoms with van der Waals surface area (Å²) >= 11 is 0. The van der Waals surface area contributed by atoms with Gasteiger partial charge in [-0.3, -0.25) is 14.8 Å². The van der Waals surface area contributed by atoms with E-state index in [-0.39, 0.29) is 30.9 Å². The van der Waals surface area contributed by atoms with Gasteiger partial charge in [0.2, 0.25) is 0 Å². The standard InChI is InChI=1S/C25H23N7O.H2S/c1-15(11-29-22-9-21(31-14-32-22)17-8-7-16(2)28-12-17)19-5-4-6-20-23(25(33)27-3)18(10-26)13-30-24(19)20;/h4-9,12-15H,11H2,1-3H3,(H,27,33)(H,29,31,32);1H2/t15-;/m1./s1. The number of amides is 1. The summed E-state index contributed by atoms with van der Waals surface area (Å²) in [6.07, 6.45) is 4.79. The molecular formula is C25H25N7OS. The van der Waals surface area contributed by atoms with E-state index in [9.17, 15) is 10.1 Å². The van der Waals surface area contributed by atoms with Gasteiger partial charge in [0.15, 0.2) is 0 Å². The maximum atomic E-state index is 12.4. The molecule has 4 rings (SSSR count). The molecule has 1 atom stereocenters. The molecule has 0 saturated heterocycles. The first kappa shape index (κ1) is 24.6. The topological polar surface area (TPSA) is 116 Å². The Kier molecular flexibility index (Phi) is 7.76. The molecule has 3 aromatic heterocycles. The zero-order valence-electron chi connectivity index (χ0n) is 19.1. The summed E-state index contributed by atoms with van der Waals surface area (Å²) in [4.78, 5) is 30.0. The van der Waals surface area contributed by atoms with Crippen LogP contribution < -0.4 is 10.6 Å². The molecule has 172 valence electrons. The Morgan fingerprint density at radius 3 is 2.65 bits per heavy atom. The number of pyridine rings is 2. The Labute approximate surface area is 205 Å². The van der Waals surface area contributed by atoms with Crippen molar-refractivity contribution in [3.63, 3.8) is 0 Å². The van der Waals surface area contributed by atoms with Crippen molar-refractivity contribution in [2.24, 2.45) is 0 Å².